The Morgan fingerprint density at radius 2 is 1.90 bits per heavy atom. The molecular formula is C12H20N2O6S. The molecule has 21 heavy (non-hydrogen) atoms. The molecule has 0 spiro atoms. The maximum Gasteiger partial charge on any atom is 0.332 e. The zero-order valence-corrected chi connectivity index (χ0v) is 12.6. The standard InChI is InChI=1S/C12H20N2O6S/c1-21(18,19)13-8-3-2-6-14(7-8)11(15)9-4-5-10(20-9)12(16)17/h8-10,13H,2-7H2,1H3,(H,16,17)/t8?,9-,10+/m0/s1. The van der Waals surface area contributed by atoms with Crippen LogP contribution in [0.3, 0.4) is 0 Å². The number of hydrogen-bond acceptors (Lipinski definition) is 5. The average molecular weight is 320 g/mol. The maximum atomic E-state index is 12.3. The van der Waals surface area contributed by atoms with Crippen molar-refractivity contribution >= 4 is 21.9 Å². The van der Waals surface area contributed by atoms with E-state index in [1.54, 1.807) is 4.90 Å². The van der Waals surface area contributed by atoms with E-state index in [9.17, 15) is 18.0 Å². The van der Waals surface area contributed by atoms with E-state index >= 15 is 0 Å². The van der Waals surface area contributed by atoms with E-state index in [1.165, 1.54) is 0 Å². The molecule has 8 nitrogen and oxygen atoms in total. The third-order valence-corrected chi connectivity index (χ3v) is 4.45. The summed E-state index contributed by atoms with van der Waals surface area (Å²) < 4.78 is 30.2. The Morgan fingerprint density at radius 1 is 1.24 bits per heavy atom. The van der Waals surface area contributed by atoms with Crippen LogP contribution in [0.4, 0.5) is 0 Å². The Kier molecular flexibility index (Phi) is 4.84. The Hall–Kier alpha value is -1.19. The van der Waals surface area contributed by atoms with E-state index in [1.807, 2.05) is 0 Å². The average Bonchev–Trinajstić information content (AvgIpc) is 2.85. The number of ether oxygens (including phenoxy) is 1. The summed E-state index contributed by atoms with van der Waals surface area (Å²) in [4.78, 5) is 24.7. The Bertz CT molecular complexity index is 520. The molecule has 0 aromatic rings. The Balaban J connectivity index is 1.92. The molecule has 0 saturated carbocycles. The van der Waals surface area contributed by atoms with E-state index in [0.717, 1.165) is 6.26 Å². The van der Waals surface area contributed by atoms with Gasteiger partial charge in [-0.2, -0.15) is 0 Å². The molecule has 2 N–H and O–H groups in total. The third kappa shape index (κ3) is 4.39. The first kappa shape index (κ1) is 16.2. The van der Waals surface area contributed by atoms with Crippen molar-refractivity contribution in [1.29, 1.82) is 0 Å². The molecule has 0 aromatic carbocycles. The lowest BCUT2D eigenvalue weighted by Gasteiger charge is -2.34. The smallest absolute Gasteiger partial charge is 0.332 e. The first-order valence-corrected chi connectivity index (χ1v) is 8.80. The van der Waals surface area contributed by atoms with Gasteiger partial charge in [0, 0.05) is 19.1 Å². The number of carboxylic acids is 1. The SMILES string of the molecule is CS(=O)(=O)NC1CCCN(C(=O)[C@@H]2CC[C@H](C(=O)O)O2)C1. The van der Waals surface area contributed by atoms with Gasteiger partial charge in [-0.05, 0) is 25.7 Å². The van der Waals surface area contributed by atoms with Gasteiger partial charge in [0.1, 0.15) is 6.10 Å². The molecule has 3 atom stereocenters. The van der Waals surface area contributed by atoms with E-state index in [4.69, 9.17) is 9.84 Å². The second kappa shape index (κ2) is 6.29. The molecule has 2 aliphatic rings. The first-order chi connectivity index (χ1) is 9.76. The summed E-state index contributed by atoms with van der Waals surface area (Å²) in [5, 5.41) is 8.87. The lowest BCUT2D eigenvalue weighted by atomic mass is 10.1. The van der Waals surface area contributed by atoms with Gasteiger partial charge < -0.3 is 14.7 Å². The van der Waals surface area contributed by atoms with Crippen molar-refractivity contribution in [2.45, 2.75) is 43.9 Å². The fourth-order valence-electron chi connectivity index (χ4n) is 2.78. The van der Waals surface area contributed by atoms with Crippen LogP contribution in [0, 0.1) is 0 Å². The van der Waals surface area contributed by atoms with E-state index in [-0.39, 0.29) is 11.9 Å². The van der Waals surface area contributed by atoms with E-state index < -0.39 is 28.2 Å². The second-order valence-corrected chi connectivity index (χ2v) is 7.32. The van der Waals surface area contributed by atoms with Gasteiger partial charge in [0.05, 0.1) is 6.26 Å². The van der Waals surface area contributed by atoms with Crippen molar-refractivity contribution in [3.8, 4) is 0 Å². The van der Waals surface area contributed by atoms with Crippen LogP contribution in [-0.2, 0) is 24.3 Å². The molecule has 0 bridgehead atoms. The Labute approximate surface area is 123 Å². The first-order valence-electron chi connectivity index (χ1n) is 6.90. The van der Waals surface area contributed by atoms with Crippen LogP contribution >= 0.6 is 0 Å². The van der Waals surface area contributed by atoms with Crippen LogP contribution < -0.4 is 4.72 Å². The highest BCUT2D eigenvalue weighted by atomic mass is 32.2. The summed E-state index contributed by atoms with van der Waals surface area (Å²) in [5.41, 5.74) is 0. The van der Waals surface area contributed by atoms with Crippen molar-refractivity contribution in [2.75, 3.05) is 19.3 Å². The third-order valence-electron chi connectivity index (χ3n) is 3.68. The van der Waals surface area contributed by atoms with Crippen molar-refractivity contribution < 1.29 is 27.9 Å². The zero-order valence-electron chi connectivity index (χ0n) is 11.8. The number of nitrogens with zero attached hydrogens (tertiary/aromatic N) is 1. The largest absolute Gasteiger partial charge is 0.479 e. The summed E-state index contributed by atoms with van der Waals surface area (Å²) in [7, 11) is -3.31. The lowest BCUT2D eigenvalue weighted by molar-refractivity contribution is -0.155. The van der Waals surface area contributed by atoms with Crippen LogP contribution in [0.1, 0.15) is 25.7 Å². The normalized spacial score (nSPS) is 30.3. The molecule has 2 rings (SSSR count). The van der Waals surface area contributed by atoms with Crippen molar-refractivity contribution in [3.05, 3.63) is 0 Å². The summed E-state index contributed by atoms with van der Waals surface area (Å²) in [6.07, 6.45) is 1.53. The summed E-state index contributed by atoms with van der Waals surface area (Å²) in [5.74, 6) is -1.31. The molecule has 0 radical (unpaired) electrons. The van der Waals surface area contributed by atoms with Crippen molar-refractivity contribution in [2.24, 2.45) is 0 Å². The number of nitrogens with one attached hydrogen (secondary N) is 1. The molecule has 1 unspecified atom stereocenters. The minimum Gasteiger partial charge on any atom is -0.479 e. The van der Waals surface area contributed by atoms with Crippen LogP contribution in [0.25, 0.3) is 0 Å². The summed E-state index contributed by atoms with van der Waals surface area (Å²) >= 11 is 0. The molecule has 0 aromatic heterocycles. The number of carbonyl (C=O) groups is 2. The molecule has 2 aliphatic heterocycles. The molecule has 9 heteroatoms. The van der Waals surface area contributed by atoms with E-state index in [0.29, 0.717) is 38.8 Å². The second-order valence-electron chi connectivity index (χ2n) is 5.54. The Morgan fingerprint density at radius 3 is 2.48 bits per heavy atom. The van der Waals surface area contributed by atoms with Crippen LogP contribution in [0.2, 0.25) is 0 Å². The van der Waals surface area contributed by atoms with Gasteiger partial charge in [0.25, 0.3) is 5.91 Å². The number of carbonyl (C=O) groups excluding carboxylic acids is 1. The molecular weight excluding hydrogens is 300 g/mol. The van der Waals surface area contributed by atoms with Gasteiger partial charge in [-0.1, -0.05) is 0 Å². The van der Waals surface area contributed by atoms with Crippen LogP contribution in [0.5, 0.6) is 0 Å². The molecule has 2 fully saturated rings. The number of amides is 1. The van der Waals surface area contributed by atoms with Crippen LogP contribution in [0.15, 0.2) is 0 Å². The number of hydrogen-bond donors (Lipinski definition) is 2. The predicted molar refractivity (Wildman–Crippen MR) is 73.1 cm³/mol. The number of carboxylic acid groups (broad SMARTS) is 1. The van der Waals surface area contributed by atoms with Gasteiger partial charge in [-0.25, -0.2) is 17.9 Å². The minimum absolute atomic E-state index is 0.251. The van der Waals surface area contributed by atoms with Crippen molar-refractivity contribution in [3.63, 3.8) is 0 Å². The summed E-state index contributed by atoms with van der Waals surface area (Å²) in [6, 6.07) is -0.297. The maximum absolute atomic E-state index is 12.3. The highest BCUT2D eigenvalue weighted by Gasteiger charge is 2.38. The number of sulfonamides is 1. The van der Waals surface area contributed by atoms with E-state index in [2.05, 4.69) is 4.72 Å². The van der Waals surface area contributed by atoms with Gasteiger partial charge in [0.15, 0.2) is 6.10 Å². The van der Waals surface area contributed by atoms with Crippen molar-refractivity contribution in [1.82, 2.24) is 9.62 Å². The number of aliphatic carboxylic acids is 1. The number of piperidine rings is 1. The van der Waals surface area contributed by atoms with Gasteiger partial charge in [0.2, 0.25) is 10.0 Å². The van der Waals surface area contributed by atoms with Gasteiger partial charge in [-0.3, -0.25) is 4.79 Å². The van der Waals surface area contributed by atoms with Crippen LogP contribution in [-0.4, -0.2) is 67.9 Å². The van der Waals surface area contributed by atoms with Gasteiger partial charge >= 0.3 is 5.97 Å². The fourth-order valence-corrected chi connectivity index (χ4v) is 3.58. The molecule has 0 aliphatic carbocycles. The molecule has 2 heterocycles. The van der Waals surface area contributed by atoms with Gasteiger partial charge in [-0.15, -0.1) is 0 Å². The topological polar surface area (TPSA) is 113 Å². The monoisotopic (exact) mass is 320 g/mol. The zero-order chi connectivity index (χ0) is 15.6. The number of rotatable bonds is 4. The molecule has 1 amide bonds. The highest BCUT2D eigenvalue weighted by Crippen LogP contribution is 2.23. The lowest BCUT2D eigenvalue weighted by Crippen LogP contribution is -2.51. The summed E-state index contributed by atoms with van der Waals surface area (Å²) in [6.45, 7) is 0.835. The highest BCUT2D eigenvalue weighted by molar-refractivity contribution is 7.88. The predicted octanol–water partition coefficient (Wildman–Crippen LogP) is -0.841. The molecule has 120 valence electrons. The minimum atomic E-state index is -3.31. The fraction of sp³-hybridized carbons (Fsp3) is 0.833. The molecule has 2 saturated heterocycles. The number of likely N-dealkylation sites (tertiary alicyclic amines) is 1. The quantitative estimate of drug-likeness (QED) is 0.698.